The summed E-state index contributed by atoms with van der Waals surface area (Å²) in [7, 11) is 0. The van der Waals surface area contributed by atoms with Crippen LogP contribution in [0.15, 0.2) is 64.4 Å². The molecule has 0 aliphatic heterocycles. The number of rotatable bonds is 5. The highest BCUT2D eigenvalue weighted by molar-refractivity contribution is 5.72. The van der Waals surface area contributed by atoms with Gasteiger partial charge in [0.05, 0.1) is 18.6 Å². The van der Waals surface area contributed by atoms with Crippen molar-refractivity contribution in [1.29, 1.82) is 0 Å². The third-order valence-corrected chi connectivity index (χ3v) is 5.88. The third-order valence-electron chi connectivity index (χ3n) is 5.88. The quantitative estimate of drug-likeness (QED) is 0.492. The van der Waals surface area contributed by atoms with E-state index in [4.69, 9.17) is 0 Å². The molecule has 1 fully saturated rings. The van der Waals surface area contributed by atoms with Gasteiger partial charge in [0, 0.05) is 11.6 Å². The summed E-state index contributed by atoms with van der Waals surface area (Å²) in [4.78, 5) is 31.1. The third kappa shape index (κ3) is 3.30. The standard InChI is InChI=1S/C24H23FN4O2/c1-15(2)16-7-9-18(10-8-16)28-22-21(23(30)29(24(28)31)19-11-12-19)27(14-26-22)13-17-5-3-4-6-20(17)25/h3-10,14-15,19H,11-13H2,1-2H3. The van der Waals surface area contributed by atoms with Crippen LogP contribution in [0.3, 0.4) is 0 Å². The van der Waals surface area contributed by atoms with E-state index >= 15 is 0 Å². The van der Waals surface area contributed by atoms with E-state index in [-0.39, 0.29) is 29.7 Å². The summed E-state index contributed by atoms with van der Waals surface area (Å²) >= 11 is 0. The second-order valence-electron chi connectivity index (χ2n) is 8.41. The Balaban J connectivity index is 1.74. The predicted octanol–water partition coefficient (Wildman–Crippen LogP) is 3.99. The molecule has 0 radical (unpaired) electrons. The summed E-state index contributed by atoms with van der Waals surface area (Å²) in [5, 5.41) is 0. The molecule has 7 heteroatoms. The molecule has 0 atom stereocenters. The van der Waals surface area contributed by atoms with E-state index in [1.165, 1.54) is 21.5 Å². The largest absolute Gasteiger partial charge is 0.337 e. The van der Waals surface area contributed by atoms with Crippen LogP contribution in [0.25, 0.3) is 16.9 Å². The van der Waals surface area contributed by atoms with Crippen LogP contribution in [-0.4, -0.2) is 18.7 Å². The Bertz CT molecular complexity index is 1390. The summed E-state index contributed by atoms with van der Waals surface area (Å²) < 4.78 is 18.7. The average molecular weight is 418 g/mol. The van der Waals surface area contributed by atoms with Crippen molar-refractivity contribution < 1.29 is 4.39 Å². The first kappa shape index (κ1) is 19.5. The molecule has 6 nitrogen and oxygen atoms in total. The monoisotopic (exact) mass is 418 g/mol. The molecule has 0 amide bonds. The summed E-state index contributed by atoms with van der Waals surface area (Å²) in [5.41, 5.74) is 2.12. The highest BCUT2D eigenvalue weighted by Gasteiger charge is 2.30. The lowest BCUT2D eigenvalue weighted by Gasteiger charge is -2.13. The molecule has 0 spiro atoms. The maximum atomic E-state index is 14.2. The van der Waals surface area contributed by atoms with Crippen molar-refractivity contribution in [2.24, 2.45) is 0 Å². The van der Waals surface area contributed by atoms with E-state index in [2.05, 4.69) is 18.8 Å². The van der Waals surface area contributed by atoms with Gasteiger partial charge in [0.15, 0.2) is 11.2 Å². The molecule has 0 N–H and O–H groups in total. The maximum absolute atomic E-state index is 14.2. The first-order valence-corrected chi connectivity index (χ1v) is 10.5. The Hall–Kier alpha value is -3.48. The minimum Gasteiger partial charge on any atom is -0.320 e. The SMILES string of the molecule is CC(C)c1ccc(-n2c(=O)n(C3CC3)c(=O)c3c2ncn3Cc2ccccc2F)cc1. The Morgan fingerprint density at radius 3 is 2.42 bits per heavy atom. The van der Waals surface area contributed by atoms with E-state index in [1.807, 2.05) is 24.3 Å². The van der Waals surface area contributed by atoms with Gasteiger partial charge in [-0.1, -0.05) is 44.2 Å². The number of imidazole rings is 1. The van der Waals surface area contributed by atoms with E-state index in [9.17, 15) is 14.0 Å². The van der Waals surface area contributed by atoms with E-state index < -0.39 is 0 Å². The molecule has 5 rings (SSSR count). The normalized spacial score (nSPS) is 13.9. The van der Waals surface area contributed by atoms with Crippen LogP contribution in [0, 0.1) is 5.82 Å². The van der Waals surface area contributed by atoms with Gasteiger partial charge in [-0.3, -0.25) is 9.36 Å². The summed E-state index contributed by atoms with van der Waals surface area (Å²) in [5.74, 6) is 0.0238. The lowest BCUT2D eigenvalue weighted by atomic mass is 10.0. The Morgan fingerprint density at radius 2 is 1.77 bits per heavy atom. The van der Waals surface area contributed by atoms with Crippen LogP contribution < -0.4 is 11.2 Å². The zero-order valence-electron chi connectivity index (χ0n) is 17.5. The first-order chi connectivity index (χ1) is 15.0. The molecule has 1 aliphatic carbocycles. The van der Waals surface area contributed by atoms with Gasteiger partial charge in [-0.2, -0.15) is 0 Å². The second kappa shape index (κ2) is 7.34. The van der Waals surface area contributed by atoms with Crippen molar-refractivity contribution in [1.82, 2.24) is 18.7 Å². The van der Waals surface area contributed by atoms with E-state index in [1.54, 1.807) is 22.8 Å². The lowest BCUT2D eigenvalue weighted by molar-refractivity contribution is 0.599. The number of aromatic nitrogens is 4. The van der Waals surface area contributed by atoms with Crippen molar-refractivity contribution in [3.8, 4) is 5.69 Å². The minimum absolute atomic E-state index is 0.0950. The molecule has 0 bridgehead atoms. The van der Waals surface area contributed by atoms with Crippen LogP contribution in [-0.2, 0) is 6.54 Å². The molecular formula is C24H23FN4O2. The van der Waals surface area contributed by atoms with Crippen molar-refractivity contribution in [3.05, 3.63) is 92.6 Å². The number of hydrogen-bond acceptors (Lipinski definition) is 3. The van der Waals surface area contributed by atoms with Crippen molar-refractivity contribution >= 4 is 11.2 Å². The number of nitrogens with zero attached hydrogens (tertiary/aromatic N) is 4. The Kier molecular flexibility index (Phi) is 4.61. The molecule has 0 saturated heterocycles. The smallest absolute Gasteiger partial charge is 0.320 e. The van der Waals surface area contributed by atoms with Gasteiger partial charge in [0.2, 0.25) is 0 Å². The second-order valence-corrected chi connectivity index (χ2v) is 8.41. The number of hydrogen-bond donors (Lipinski definition) is 0. The van der Waals surface area contributed by atoms with Gasteiger partial charge in [-0.05, 0) is 42.5 Å². The van der Waals surface area contributed by atoms with Crippen LogP contribution >= 0.6 is 0 Å². The molecule has 1 aliphatic rings. The molecule has 2 aromatic heterocycles. The molecule has 158 valence electrons. The van der Waals surface area contributed by atoms with Gasteiger partial charge >= 0.3 is 5.69 Å². The van der Waals surface area contributed by atoms with Gasteiger partial charge in [-0.25, -0.2) is 18.7 Å². The molecule has 4 aromatic rings. The maximum Gasteiger partial charge on any atom is 0.337 e. The minimum atomic E-state index is -0.381. The highest BCUT2D eigenvalue weighted by atomic mass is 19.1. The van der Waals surface area contributed by atoms with Gasteiger partial charge in [0.1, 0.15) is 5.82 Å². The molecule has 0 unspecified atom stereocenters. The predicted molar refractivity (Wildman–Crippen MR) is 117 cm³/mol. The van der Waals surface area contributed by atoms with Crippen LogP contribution in [0.4, 0.5) is 4.39 Å². The van der Waals surface area contributed by atoms with Crippen molar-refractivity contribution in [2.45, 2.75) is 45.2 Å². The molecule has 2 aromatic carbocycles. The lowest BCUT2D eigenvalue weighted by Crippen LogP contribution is -2.39. The fourth-order valence-electron chi connectivity index (χ4n) is 3.98. The summed E-state index contributed by atoms with van der Waals surface area (Å²) in [6.45, 7) is 4.38. The van der Waals surface area contributed by atoms with Gasteiger partial charge < -0.3 is 4.57 Å². The fraction of sp³-hybridized carbons (Fsp3) is 0.292. The zero-order chi connectivity index (χ0) is 21.7. The topological polar surface area (TPSA) is 61.8 Å². The van der Waals surface area contributed by atoms with E-state index in [0.717, 1.165) is 18.4 Å². The van der Waals surface area contributed by atoms with Gasteiger partial charge in [0.25, 0.3) is 5.56 Å². The number of halogens is 1. The molecular weight excluding hydrogens is 395 g/mol. The Labute approximate surface area is 178 Å². The van der Waals surface area contributed by atoms with Crippen molar-refractivity contribution in [2.75, 3.05) is 0 Å². The summed E-state index contributed by atoms with van der Waals surface area (Å²) in [6, 6.07) is 14.1. The highest BCUT2D eigenvalue weighted by Crippen LogP contribution is 2.32. The first-order valence-electron chi connectivity index (χ1n) is 10.5. The molecule has 2 heterocycles. The number of fused-ring (bicyclic) bond motifs is 1. The fourth-order valence-corrected chi connectivity index (χ4v) is 3.98. The zero-order valence-corrected chi connectivity index (χ0v) is 17.5. The van der Waals surface area contributed by atoms with E-state index in [0.29, 0.717) is 28.3 Å². The Morgan fingerprint density at radius 1 is 1.06 bits per heavy atom. The van der Waals surface area contributed by atoms with Crippen molar-refractivity contribution in [3.63, 3.8) is 0 Å². The van der Waals surface area contributed by atoms with Crippen LogP contribution in [0.1, 0.15) is 49.8 Å². The molecule has 1 saturated carbocycles. The van der Waals surface area contributed by atoms with Gasteiger partial charge in [-0.15, -0.1) is 0 Å². The molecule has 31 heavy (non-hydrogen) atoms. The number of benzene rings is 2. The van der Waals surface area contributed by atoms with Crippen LogP contribution in [0.2, 0.25) is 0 Å². The average Bonchev–Trinajstić information content (AvgIpc) is 3.50. The van der Waals surface area contributed by atoms with Crippen LogP contribution in [0.5, 0.6) is 0 Å². The summed E-state index contributed by atoms with van der Waals surface area (Å²) in [6.07, 6.45) is 3.11.